The number of halogens is 3. The number of carbonyl (C=O) groups excluding carboxylic acids is 2. The molecule has 2 atom stereocenters. The van der Waals surface area contributed by atoms with E-state index >= 15 is 0 Å². The van der Waals surface area contributed by atoms with E-state index in [2.05, 4.69) is 5.32 Å². The van der Waals surface area contributed by atoms with Gasteiger partial charge in [0, 0.05) is 14.0 Å². The Hall–Kier alpha value is -1.25. The second kappa shape index (κ2) is 7.11. The van der Waals surface area contributed by atoms with Crippen molar-refractivity contribution in [3.8, 4) is 5.75 Å². The van der Waals surface area contributed by atoms with Gasteiger partial charge in [0.1, 0.15) is 11.4 Å². The van der Waals surface area contributed by atoms with Gasteiger partial charge in [-0.2, -0.15) is 5.06 Å². The average molecular weight is 384 g/mol. The van der Waals surface area contributed by atoms with Gasteiger partial charge in [-0.15, -0.1) is 0 Å². The van der Waals surface area contributed by atoms with Crippen LogP contribution >= 0.6 is 34.8 Å². The van der Waals surface area contributed by atoms with E-state index in [4.69, 9.17) is 49.1 Å². The molecule has 1 aliphatic rings. The molecule has 1 heterocycles. The standard InChI is InChI=1S/C13H13Cl3N2O5/c1-7(19)17-12(13(14,15)16)23-18-8-5-3-4-6-9(8)22-11(21-2)10(18)20/h3-6,11-12H,1-2H3,(H,17,19)/t11-,12+/m1/s1. The van der Waals surface area contributed by atoms with Crippen LogP contribution in [-0.4, -0.2) is 35.2 Å². The highest BCUT2D eigenvalue weighted by Crippen LogP contribution is 2.37. The molecule has 10 heteroatoms. The molecule has 0 fully saturated rings. The molecule has 126 valence electrons. The summed E-state index contributed by atoms with van der Waals surface area (Å²) in [5, 5.41) is 3.19. The number of hydrogen-bond donors (Lipinski definition) is 1. The van der Waals surface area contributed by atoms with E-state index in [9.17, 15) is 9.59 Å². The van der Waals surface area contributed by atoms with Crippen molar-refractivity contribution in [2.75, 3.05) is 12.2 Å². The molecule has 1 aromatic rings. The van der Waals surface area contributed by atoms with Crippen LogP contribution in [0.15, 0.2) is 24.3 Å². The van der Waals surface area contributed by atoms with Crippen LogP contribution in [0.1, 0.15) is 6.92 Å². The summed E-state index contributed by atoms with van der Waals surface area (Å²) in [6.07, 6.45) is -2.63. The fraction of sp³-hybridized carbons (Fsp3) is 0.385. The SMILES string of the molecule is CO[C@@H]1Oc2ccccc2N(O[C@H](NC(C)=O)C(Cl)(Cl)Cl)C1=O. The molecular formula is C13H13Cl3N2O5. The van der Waals surface area contributed by atoms with Gasteiger partial charge in [-0.3, -0.25) is 9.59 Å². The molecular weight excluding hydrogens is 371 g/mol. The Morgan fingerprint density at radius 2 is 2.04 bits per heavy atom. The van der Waals surface area contributed by atoms with Crippen LogP contribution < -0.4 is 15.1 Å². The summed E-state index contributed by atoms with van der Waals surface area (Å²) in [6.45, 7) is 1.22. The maximum atomic E-state index is 12.4. The zero-order valence-corrected chi connectivity index (χ0v) is 14.4. The third-order valence-electron chi connectivity index (χ3n) is 2.78. The lowest BCUT2D eigenvalue weighted by atomic mass is 10.2. The first-order valence-corrected chi connectivity index (χ1v) is 7.50. The van der Waals surface area contributed by atoms with Gasteiger partial charge >= 0.3 is 5.91 Å². The molecule has 0 saturated heterocycles. The molecule has 0 saturated carbocycles. The lowest BCUT2D eigenvalue weighted by Gasteiger charge is -2.36. The first kappa shape index (κ1) is 18.1. The minimum atomic E-state index is -2.01. The molecule has 0 unspecified atom stereocenters. The second-order valence-corrected chi connectivity index (χ2v) is 6.88. The number of nitrogens with zero attached hydrogens (tertiary/aromatic N) is 1. The van der Waals surface area contributed by atoms with Crippen molar-refractivity contribution in [2.45, 2.75) is 23.2 Å². The van der Waals surface area contributed by atoms with E-state index in [1.54, 1.807) is 24.3 Å². The number of nitrogens with one attached hydrogen (secondary N) is 1. The van der Waals surface area contributed by atoms with Crippen molar-refractivity contribution in [3.63, 3.8) is 0 Å². The number of ether oxygens (including phenoxy) is 2. The molecule has 2 amide bonds. The van der Waals surface area contributed by atoms with Crippen LogP contribution in [0.3, 0.4) is 0 Å². The summed E-state index contributed by atoms with van der Waals surface area (Å²) < 4.78 is 8.34. The maximum Gasteiger partial charge on any atom is 0.320 e. The fourth-order valence-electron chi connectivity index (χ4n) is 1.82. The van der Waals surface area contributed by atoms with E-state index in [0.717, 1.165) is 5.06 Å². The van der Waals surface area contributed by atoms with Crippen LogP contribution in [0.25, 0.3) is 0 Å². The van der Waals surface area contributed by atoms with Crippen LogP contribution in [0, 0.1) is 0 Å². The monoisotopic (exact) mass is 382 g/mol. The summed E-state index contributed by atoms with van der Waals surface area (Å²) in [6, 6.07) is 6.57. The van der Waals surface area contributed by atoms with Crippen LogP contribution in [0.4, 0.5) is 5.69 Å². The Kier molecular flexibility index (Phi) is 5.59. The van der Waals surface area contributed by atoms with Crippen molar-refractivity contribution in [2.24, 2.45) is 0 Å². The molecule has 0 aromatic heterocycles. The molecule has 1 aromatic carbocycles. The van der Waals surface area contributed by atoms with Crippen molar-refractivity contribution in [1.82, 2.24) is 5.32 Å². The number of hydroxylamine groups is 1. The summed E-state index contributed by atoms with van der Waals surface area (Å²) in [7, 11) is 1.30. The number of benzene rings is 1. The van der Waals surface area contributed by atoms with Gasteiger partial charge < -0.3 is 14.8 Å². The number of hydrogen-bond acceptors (Lipinski definition) is 5. The Morgan fingerprint density at radius 3 is 2.61 bits per heavy atom. The average Bonchev–Trinajstić information content (AvgIpc) is 2.47. The van der Waals surface area contributed by atoms with Crippen molar-refractivity contribution < 1.29 is 23.9 Å². The van der Waals surface area contributed by atoms with Crippen LogP contribution in [0.2, 0.25) is 0 Å². The van der Waals surface area contributed by atoms with E-state index in [1.165, 1.54) is 14.0 Å². The largest absolute Gasteiger partial charge is 0.453 e. The van der Waals surface area contributed by atoms with Gasteiger partial charge in [0.25, 0.3) is 6.29 Å². The number of anilines is 1. The number of para-hydroxylation sites is 2. The molecule has 1 N–H and O–H groups in total. The summed E-state index contributed by atoms with van der Waals surface area (Å²) >= 11 is 17.4. The maximum absolute atomic E-state index is 12.4. The number of fused-ring (bicyclic) bond motifs is 1. The molecule has 2 rings (SSSR count). The highest BCUT2D eigenvalue weighted by atomic mass is 35.6. The lowest BCUT2D eigenvalue weighted by Crippen LogP contribution is -2.54. The predicted octanol–water partition coefficient (Wildman–Crippen LogP) is 2.15. The third kappa shape index (κ3) is 4.19. The van der Waals surface area contributed by atoms with Gasteiger partial charge in [-0.05, 0) is 12.1 Å². The van der Waals surface area contributed by atoms with Gasteiger partial charge in [0.2, 0.25) is 15.9 Å². The topological polar surface area (TPSA) is 77.1 Å². The molecule has 7 nitrogen and oxygen atoms in total. The minimum absolute atomic E-state index is 0.287. The van der Waals surface area contributed by atoms with Gasteiger partial charge in [0.15, 0.2) is 0 Å². The summed E-state index contributed by atoms with van der Waals surface area (Å²) in [5.74, 6) is -0.834. The number of methoxy groups -OCH3 is 1. The van der Waals surface area contributed by atoms with Gasteiger partial charge in [0.05, 0.1) is 0 Å². The quantitative estimate of drug-likeness (QED) is 0.637. The number of amides is 2. The smallest absolute Gasteiger partial charge is 0.320 e. The third-order valence-corrected chi connectivity index (χ3v) is 3.37. The minimum Gasteiger partial charge on any atom is -0.453 e. The van der Waals surface area contributed by atoms with Crippen LogP contribution in [-0.2, 0) is 19.2 Å². The second-order valence-electron chi connectivity index (χ2n) is 4.51. The van der Waals surface area contributed by atoms with Crippen molar-refractivity contribution in [1.29, 1.82) is 0 Å². The predicted molar refractivity (Wildman–Crippen MR) is 84.3 cm³/mol. The van der Waals surface area contributed by atoms with Gasteiger partial charge in [-0.1, -0.05) is 46.9 Å². The molecule has 0 aliphatic carbocycles. The van der Waals surface area contributed by atoms with E-state index in [1.807, 2.05) is 0 Å². The van der Waals surface area contributed by atoms with E-state index in [0.29, 0.717) is 5.75 Å². The highest BCUT2D eigenvalue weighted by Gasteiger charge is 2.42. The van der Waals surface area contributed by atoms with Crippen LogP contribution in [0.5, 0.6) is 5.75 Å². The van der Waals surface area contributed by atoms with Crippen molar-refractivity contribution in [3.05, 3.63) is 24.3 Å². The molecule has 0 bridgehead atoms. The van der Waals surface area contributed by atoms with Crippen molar-refractivity contribution >= 4 is 52.3 Å². The first-order chi connectivity index (χ1) is 10.7. The summed E-state index contributed by atoms with van der Waals surface area (Å²) in [4.78, 5) is 29.1. The molecule has 23 heavy (non-hydrogen) atoms. The normalized spacial score (nSPS) is 18.9. The number of alkyl halides is 3. The number of carbonyl (C=O) groups is 2. The molecule has 1 aliphatic heterocycles. The Balaban J connectivity index is 2.35. The van der Waals surface area contributed by atoms with E-state index < -0.39 is 28.1 Å². The summed E-state index contributed by atoms with van der Waals surface area (Å²) in [5.41, 5.74) is 0.287. The van der Waals surface area contributed by atoms with E-state index in [-0.39, 0.29) is 5.69 Å². The Morgan fingerprint density at radius 1 is 1.39 bits per heavy atom. The zero-order valence-electron chi connectivity index (χ0n) is 12.1. The number of rotatable bonds is 4. The Bertz CT molecular complexity index is 608. The zero-order chi connectivity index (χ0) is 17.2. The molecule has 0 radical (unpaired) electrons. The first-order valence-electron chi connectivity index (χ1n) is 6.37. The Labute approximate surface area is 147 Å². The highest BCUT2D eigenvalue weighted by molar-refractivity contribution is 6.68. The lowest BCUT2D eigenvalue weighted by molar-refractivity contribution is -0.160. The van der Waals surface area contributed by atoms with Gasteiger partial charge in [-0.25, -0.2) is 4.84 Å². The fourth-order valence-corrected chi connectivity index (χ4v) is 2.10. The molecule has 0 spiro atoms.